The van der Waals surface area contributed by atoms with Crippen LogP contribution >= 0.6 is 7.14 Å². The summed E-state index contributed by atoms with van der Waals surface area (Å²) >= 11 is 0. The standard InChI is InChI=1S/C35H50N5O3P/c1-7-8-11-31-39-33-34(29-17-16-28(44(5,6)42)23-30(29)38-35(33)36)40(31)43-19-10-9-18-37-32(41)22-25(4)21-27-14-12-26(13-15-27)20-24(2)3/h12-17,23-25H,7-11,18-22H2,1-6H3,(H2,36,38)(H,37,41)/t25-/m0/s1. The fourth-order valence-corrected chi connectivity index (χ4v) is 6.45. The molecule has 4 rings (SSSR count). The fraction of sp³-hybridized carbons (Fsp3) is 0.514. The van der Waals surface area contributed by atoms with Crippen LogP contribution in [0.4, 0.5) is 5.82 Å². The molecule has 238 valence electrons. The summed E-state index contributed by atoms with van der Waals surface area (Å²) in [5.41, 5.74) is 11.1. The number of fused-ring (bicyclic) bond motifs is 3. The number of unbranched alkanes of at least 4 members (excludes halogenated alkanes) is 2. The lowest BCUT2D eigenvalue weighted by molar-refractivity contribution is -0.121. The van der Waals surface area contributed by atoms with Crippen LogP contribution in [0.15, 0.2) is 42.5 Å². The van der Waals surface area contributed by atoms with Gasteiger partial charge in [-0.15, -0.1) is 0 Å². The molecule has 0 saturated carbocycles. The van der Waals surface area contributed by atoms with Crippen LogP contribution in [0.1, 0.15) is 76.8 Å². The van der Waals surface area contributed by atoms with Crippen molar-refractivity contribution in [2.45, 2.75) is 79.1 Å². The van der Waals surface area contributed by atoms with Crippen molar-refractivity contribution >= 4 is 46.1 Å². The first-order valence-corrected chi connectivity index (χ1v) is 18.7. The highest BCUT2D eigenvalue weighted by molar-refractivity contribution is 7.70. The Morgan fingerprint density at radius 1 is 1.00 bits per heavy atom. The highest BCUT2D eigenvalue weighted by Crippen LogP contribution is 2.36. The Kier molecular flexibility index (Phi) is 11.5. The van der Waals surface area contributed by atoms with Gasteiger partial charge in [0.25, 0.3) is 0 Å². The Hall–Kier alpha value is -3.38. The van der Waals surface area contributed by atoms with Gasteiger partial charge >= 0.3 is 0 Å². The largest absolute Gasteiger partial charge is 0.412 e. The van der Waals surface area contributed by atoms with Gasteiger partial charge in [0.1, 0.15) is 30.6 Å². The third-order valence-electron chi connectivity index (χ3n) is 7.90. The molecule has 0 aliphatic heterocycles. The molecule has 0 bridgehead atoms. The highest BCUT2D eigenvalue weighted by atomic mass is 31.2. The van der Waals surface area contributed by atoms with E-state index in [4.69, 9.17) is 15.6 Å². The Balaban J connectivity index is 1.32. The summed E-state index contributed by atoms with van der Waals surface area (Å²) < 4.78 is 14.5. The van der Waals surface area contributed by atoms with E-state index in [1.165, 1.54) is 11.1 Å². The van der Waals surface area contributed by atoms with Crippen molar-refractivity contribution in [3.05, 3.63) is 59.4 Å². The van der Waals surface area contributed by atoms with Crippen LogP contribution in [0, 0.1) is 11.8 Å². The molecule has 0 spiro atoms. The molecule has 1 atom stereocenters. The molecular formula is C35H50N5O3P. The quantitative estimate of drug-likeness (QED) is 0.109. The minimum Gasteiger partial charge on any atom is -0.412 e. The summed E-state index contributed by atoms with van der Waals surface area (Å²) in [6, 6.07) is 14.5. The fourth-order valence-electron chi connectivity index (χ4n) is 5.59. The molecule has 44 heavy (non-hydrogen) atoms. The van der Waals surface area contributed by atoms with Crippen LogP contribution in [0.3, 0.4) is 0 Å². The molecule has 0 aliphatic carbocycles. The van der Waals surface area contributed by atoms with Gasteiger partial charge in [-0.1, -0.05) is 64.4 Å². The van der Waals surface area contributed by atoms with Crippen molar-refractivity contribution in [2.75, 3.05) is 32.2 Å². The first-order chi connectivity index (χ1) is 21.0. The number of rotatable bonds is 16. The van der Waals surface area contributed by atoms with Crippen molar-refractivity contribution in [2.24, 2.45) is 11.8 Å². The van der Waals surface area contributed by atoms with E-state index in [1.807, 2.05) is 22.9 Å². The number of amides is 1. The summed E-state index contributed by atoms with van der Waals surface area (Å²) in [6.07, 6.45) is 6.87. The molecule has 0 radical (unpaired) electrons. The van der Waals surface area contributed by atoms with E-state index in [0.29, 0.717) is 42.3 Å². The Morgan fingerprint density at radius 2 is 1.70 bits per heavy atom. The summed E-state index contributed by atoms with van der Waals surface area (Å²) in [5.74, 6) is 2.18. The maximum Gasteiger partial charge on any atom is 0.220 e. The van der Waals surface area contributed by atoms with Gasteiger partial charge in [0.15, 0.2) is 5.82 Å². The number of hydrogen-bond donors (Lipinski definition) is 2. The average molecular weight is 620 g/mol. The monoisotopic (exact) mass is 619 g/mol. The number of aryl methyl sites for hydroxylation is 1. The second-order valence-electron chi connectivity index (χ2n) is 13.0. The van der Waals surface area contributed by atoms with Crippen LogP contribution in [-0.2, 0) is 28.6 Å². The van der Waals surface area contributed by atoms with Crippen LogP contribution < -0.4 is 21.2 Å². The van der Waals surface area contributed by atoms with Gasteiger partial charge in [-0.05, 0) is 80.5 Å². The van der Waals surface area contributed by atoms with Gasteiger partial charge < -0.3 is 20.5 Å². The smallest absolute Gasteiger partial charge is 0.220 e. The zero-order valence-electron chi connectivity index (χ0n) is 27.4. The SMILES string of the molecule is CCCCc1nc2c(N)nc3cc(P(C)(C)=O)ccc3c2n1OCCCCNC(=O)C[C@@H](C)Cc1ccc(CC(C)C)cc1. The minimum absolute atomic E-state index is 0.0924. The molecule has 0 fully saturated rings. The summed E-state index contributed by atoms with van der Waals surface area (Å²) in [6.45, 7) is 13.3. The van der Waals surface area contributed by atoms with Gasteiger partial charge in [-0.3, -0.25) is 4.79 Å². The summed E-state index contributed by atoms with van der Waals surface area (Å²) in [4.78, 5) is 28.3. The number of hydrogen-bond acceptors (Lipinski definition) is 6. The number of nitrogen functional groups attached to an aromatic ring is 1. The van der Waals surface area contributed by atoms with E-state index in [9.17, 15) is 9.36 Å². The molecule has 0 saturated heterocycles. The lowest BCUT2D eigenvalue weighted by Crippen LogP contribution is -2.27. The molecular weight excluding hydrogens is 569 g/mol. The Morgan fingerprint density at radius 3 is 2.36 bits per heavy atom. The predicted octanol–water partition coefficient (Wildman–Crippen LogP) is 6.55. The number of nitrogens with one attached hydrogen (secondary N) is 1. The Bertz CT molecular complexity index is 1610. The molecule has 0 unspecified atom stereocenters. The minimum atomic E-state index is -2.45. The Labute approximate surface area is 262 Å². The molecule has 9 heteroatoms. The third kappa shape index (κ3) is 8.84. The zero-order chi connectivity index (χ0) is 31.9. The van der Waals surface area contributed by atoms with Crippen molar-refractivity contribution in [3.8, 4) is 0 Å². The second kappa shape index (κ2) is 15.1. The normalized spacial score (nSPS) is 12.7. The maximum absolute atomic E-state index is 12.7. The number of nitrogens with two attached hydrogens (primary N) is 1. The number of anilines is 1. The van der Waals surface area contributed by atoms with Gasteiger partial charge in [0, 0.05) is 30.1 Å². The van der Waals surface area contributed by atoms with Gasteiger partial charge in [0.05, 0.1) is 5.52 Å². The second-order valence-corrected chi connectivity index (χ2v) is 16.2. The molecule has 2 heterocycles. The molecule has 4 aromatic rings. The first-order valence-electron chi connectivity index (χ1n) is 16.1. The molecule has 1 amide bonds. The molecule has 2 aromatic carbocycles. The number of nitrogens with zero attached hydrogens (tertiary/aromatic N) is 3. The lowest BCUT2D eigenvalue weighted by atomic mass is 9.95. The van der Waals surface area contributed by atoms with Crippen molar-refractivity contribution in [1.29, 1.82) is 0 Å². The number of aromatic nitrogens is 3. The van der Waals surface area contributed by atoms with Gasteiger partial charge in [0.2, 0.25) is 5.91 Å². The van der Waals surface area contributed by atoms with Crippen LogP contribution in [0.5, 0.6) is 0 Å². The number of carbonyl (C=O) groups is 1. The maximum atomic E-state index is 12.7. The van der Waals surface area contributed by atoms with E-state index in [-0.39, 0.29) is 11.8 Å². The van der Waals surface area contributed by atoms with E-state index in [1.54, 1.807) is 13.3 Å². The van der Waals surface area contributed by atoms with Gasteiger partial charge in [-0.2, -0.15) is 4.73 Å². The zero-order valence-corrected chi connectivity index (χ0v) is 28.3. The number of benzene rings is 2. The predicted molar refractivity (Wildman–Crippen MR) is 183 cm³/mol. The summed E-state index contributed by atoms with van der Waals surface area (Å²) in [5, 5.41) is 4.72. The van der Waals surface area contributed by atoms with E-state index in [2.05, 4.69) is 62.3 Å². The van der Waals surface area contributed by atoms with Crippen molar-refractivity contribution in [3.63, 3.8) is 0 Å². The summed E-state index contributed by atoms with van der Waals surface area (Å²) in [7, 11) is -2.45. The third-order valence-corrected chi connectivity index (χ3v) is 9.42. The van der Waals surface area contributed by atoms with E-state index < -0.39 is 7.14 Å². The average Bonchev–Trinajstić information content (AvgIpc) is 3.32. The van der Waals surface area contributed by atoms with Gasteiger partial charge in [-0.25, -0.2) is 9.97 Å². The van der Waals surface area contributed by atoms with E-state index >= 15 is 0 Å². The van der Waals surface area contributed by atoms with Crippen LogP contribution in [0.2, 0.25) is 0 Å². The number of imidazole rings is 1. The molecule has 8 nitrogen and oxygen atoms in total. The highest BCUT2D eigenvalue weighted by Gasteiger charge is 2.20. The topological polar surface area (TPSA) is 112 Å². The molecule has 2 aromatic heterocycles. The first kappa shape index (κ1) is 33.5. The van der Waals surface area contributed by atoms with E-state index in [0.717, 1.165) is 67.0 Å². The number of pyridine rings is 1. The molecule has 3 N–H and O–H groups in total. The van der Waals surface area contributed by atoms with Crippen LogP contribution in [0.25, 0.3) is 21.9 Å². The lowest BCUT2D eigenvalue weighted by Gasteiger charge is -2.14. The van der Waals surface area contributed by atoms with Crippen molar-refractivity contribution < 1.29 is 14.2 Å². The number of carbonyl (C=O) groups excluding carboxylic acids is 1. The molecule has 0 aliphatic rings. The van der Waals surface area contributed by atoms with Crippen molar-refractivity contribution in [1.82, 2.24) is 20.0 Å². The van der Waals surface area contributed by atoms with Crippen LogP contribution in [-0.4, -0.2) is 47.1 Å².